The van der Waals surface area contributed by atoms with Crippen molar-refractivity contribution in [1.29, 1.82) is 0 Å². The zero-order valence-electron chi connectivity index (χ0n) is 13.9. The maximum absolute atomic E-state index is 5.95. The molecule has 0 unspecified atom stereocenters. The van der Waals surface area contributed by atoms with Gasteiger partial charge in [0.25, 0.3) is 5.89 Å². The lowest BCUT2D eigenvalue weighted by Crippen LogP contribution is -2.15. The molecular formula is C20H20N2O3. The number of ether oxygens (including phenoxy) is 2. The Morgan fingerprint density at radius 3 is 2.68 bits per heavy atom. The summed E-state index contributed by atoms with van der Waals surface area (Å²) in [7, 11) is 0. The van der Waals surface area contributed by atoms with Crippen LogP contribution in [0.2, 0.25) is 0 Å². The molecule has 3 aromatic rings. The molecule has 0 amide bonds. The topological polar surface area (TPSA) is 57.4 Å². The second kappa shape index (κ2) is 7.49. The van der Waals surface area contributed by atoms with Crippen molar-refractivity contribution in [3.63, 3.8) is 0 Å². The molecule has 1 saturated heterocycles. The molecule has 0 aliphatic carbocycles. The highest BCUT2D eigenvalue weighted by Gasteiger charge is 2.22. The first kappa shape index (κ1) is 15.8. The SMILES string of the molecule is c1ccc(-c2ccccc2OCc2nnc([C@H]3CCCOC3)o2)cc1. The lowest BCUT2D eigenvalue weighted by molar-refractivity contribution is 0.0717. The summed E-state index contributed by atoms with van der Waals surface area (Å²) in [5, 5.41) is 8.27. The molecular weight excluding hydrogens is 316 g/mol. The van der Waals surface area contributed by atoms with Crippen LogP contribution in [0.5, 0.6) is 5.75 Å². The van der Waals surface area contributed by atoms with Crippen molar-refractivity contribution in [1.82, 2.24) is 10.2 Å². The first-order chi connectivity index (χ1) is 12.4. The van der Waals surface area contributed by atoms with E-state index in [1.165, 1.54) is 0 Å². The van der Waals surface area contributed by atoms with Crippen LogP contribution in [-0.2, 0) is 11.3 Å². The van der Waals surface area contributed by atoms with Crippen LogP contribution in [0.15, 0.2) is 59.0 Å². The van der Waals surface area contributed by atoms with E-state index in [2.05, 4.69) is 22.3 Å². The average molecular weight is 336 g/mol. The van der Waals surface area contributed by atoms with Crippen LogP contribution in [0.1, 0.15) is 30.5 Å². The van der Waals surface area contributed by atoms with Crippen LogP contribution in [0.25, 0.3) is 11.1 Å². The highest BCUT2D eigenvalue weighted by molar-refractivity contribution is 5.70. The summed E-state index contributed by atoms with van der Waals surface area (Å²) < 4.78 is 17.2. The fraction of sp³-hybridized carbons (Fsp3) is 0.300. The van der Waals surface area contributed by atoms with Crippen molar-refractivity contribution in [3.8, 4) is 16.9 Å². The number of para-hydroxylation sites is 1. The predicted octanol–water partition coefficient (Wildman–Crippen LogP) is 4.21. The van der Waals surface area contributed by atoms with Gasteiger partial charge in [-0.1, -0.05) is 48.5 Å². The van der Waals surface area contributed by atoms with Gasteiger partial charge in [0.15, 0.2) is 6.61 Å². The van der Waals surface area contributed by atoms with E-state index in [1.54, 1.807) is 0 Å². The van der Waals surface area contributed by atoms with E-state index >= 15 is 0 Å². The maximum Gasteiger partial charge on any atom is 0.253 e. The Morgan fingerprint density at radius 2 is 1.84 bits per heavy atom. The molecule has 0 bridgehead atoms. The molecule has 1 aliphatic heterocycles. The highest BCUT2D eigenvalue weighted by atomic mass is 16.5. The summed E-state index contributed by atoms with van der Waals surface area (Å²) in [5.41, 5.74) is 2.16. The first-order valence-corrected chi connectivity index (χ1v) is 8.57. The smallest absolute Gasteiger partial charge is 0.253 e. The van der Waals surface area contributed by atoms with Gasteiger partial charge in [-0.2, -0.15) is 0 Å². The zero-order chi connectivity index (χ0) is 16.9. The molecule has 1 aromatic heterocycles. The summed E-state index contributed by atoms with van der Waals surface area (Å²) in [5.74, 6) is 2.14. The lowest BCUT2D eigenvalue weighted by Gasteiger charge is -2.18. The number of hydrogen-bond donors (Lipinski definition) is 0. The zero-order valence-corrected chi connectivity index (χ0v) is 13.9. The van der Waals surface area contributed by atoms with Gasteiger partial charge in [0.05, 0.1) is 12.5 Å². The molecule has 1 aliphatic rings. The van der Waals surface area contributed by atoms with Crippen molar-refractivity contribution in [2.45, 2.75) is 25.4 Å². The maximum atomic E-state index is 5.95. The number of benzene rings is 2. The summed E-state index contributed by atoms with van der Waals surface area (Å²) in [4.78, 5) is 0. The van der Waals surface area contributed by atoms with Crippen LogP contribution in [0.3, 0.4) is 0 Å². The van der Waals surface area contributed by atoms with E-state index in [0.29, 0.717) is 18.4 Å². The Balaban J connectivity index is 1.46. The largest absolute Gasteiger partial charge is 0.483 e. The Hall–Kier alpha value is -2.66. The minimum Gasteiger partial charge on any atom is -0.483 e. The molecule has 1 fully saturated rings. The van der Waals surface area contributed by atoms with Gasteiger partial charge in [-0.3, -0.25) is 0 Å². The monoisotopic (exact) mass is 336 g/mol. The Bertz CT molecular complexity index is 811. The molecule has 5 nitrogen and oxygen atoms in total. The van der Waals surface area contributed by atoms with Gasteiger partial charge < -0.3 is 13.9 Å². The van der Waals surface area contributed by atoms with Gasteiger partial charge >= 0.3 is 0 Å². The first-order valence-electron chi connectivity index (χ1n) is 8.57. The van der Waals surface area contributed by atoms with Gasteiger partial charge in [0.2, 0.25) is 5.89 Å². The van der Waals surface area contributed by atoms with Gasteiger partial charge in [0.1, 0.15) is 5.75 Å². The molecule has 0 saturated carbocycles. The van der Waals surface area contributed by atoms with E-state index in [1.807, 2.05) is 42.5 Å². The summed E-state index contributed by atoms with van der Waals surface area (Å²) in [6, 6.07) is 18.1. The van der Waals surface area contributed by atoms with E-state index in [-0.39, 0.29) is 12.5 Å². The van der Waals surface area contributed by atoms with Crippen molar-refractivity contribution in [2.24, 2.45) is 0 Å². The van der Waals surface area contributed by atoms with Gasteiger partial charge in [-0.25, -0.2) is 0 Å². The Kier molecular flexibility index (Phi) is 4.74. The van der Waals surface area contributed by atoms with Crippen molar-refractivity contribution in [3.05, 3.63) is 66.4 Å². The third-order valence-corrected chi connectivity index (χ3v) is 4.32. The molecule has 2 heterocycles. The molecule has 0 radical (unpaired) electrons. The highest BCUT2D eigenvalue weighted by Crippen LogP contribution is 2.30. The normalized spacial score (nSPS) is 17.4. The second-order valence-electron chi connectivity index (χ2n) is 6.10. The van der Waals surface area contributed by atoms with Gasteiger partial charge in [-0.05, 0) is 24.5 Å². The quantitative estimate of drug-likeness (QED) is 0.698. The fourth-order valence-electron chi connectivity index (χ4n) is 3.01. The number of hydrogen-bond acceptors (Lipinski definition) is 5. The van der Waals surface area contributed by atoms with E-state index in [4.69, 9.17) is 13.9 Å². The summed E-state index contributed by atoms with van der Waals surface area (Å²) in [6.07, 6.45) is 2.06. The van der Waals surface area contributed by atoms with Crippen LogP contribution in [0, 0.1) is 0 Å². The van der Waals surface area contributed by atoms with Crippen molar-refractivity contribution in [2.75, 3.05) is 13.2 Å². The Morgan fingerprint density at radius 1 is 1.00 bits per heavy atom. The standard InChI is InChI=1S/C20H20N2O3/c1-2-7-15(8-3-1)17-10-4-5-11-18(17)24-14-19-21-22-20(25-19)16-9-6-12-23-13-16/h1-5,7-8,10-11,16H,6,9,12-14H2/t16-/m0/s1. The Labute approximate surface area is 146 Å². The minimum atomic E-state index is 0.201. The predicted molar refractivity (Wildman–Crippen MR) is 93.3 cm³/mol. The minimum absolute atomic E-state index is 0.201. The summed E-state index contributed by atoms with van der Waals surface area (Å²) in [6.45, 7) is 1.72. The van der Waals surface area contributed by atoms with Crippen LogP contribution < -0.4 is 4.74 Å². The third-order valence-electron chi connectivity index (χ3n) is 4.32. The third kappa shape index (κ3) is 3.72. The molecule has 0 N–H and O–H groups in total. The molecule has 1 atom stereocenters. The molecule has 4 rings (SSSR count). The summed E-state index contributed by atoms with van der Waals surface area (Å²) >= 11 is 0. The fourth-order valence-corrected chi connectivity index (χ4v) is 3.01. The second-order valence-corrected chi connectivity index (χ2v) is 6.10. The molecule has 25 heavy (non-hydrogen) atoms. The van der Waals surface area contributed by atoms with E-state index < -0.39 is 0 Å². The van der Waals surface area contributed by atoms with Crippen molar-refractivity contribution < 1.29 is 13.9 Å². The van der Waals surface area contributed by atoms with Crippen LogP contribution in [-0.4, -0.2) is 23.4 Å². The van der Waals surface area contributed by atoms with E-state index in [0.717, 1.165) is 36.3 Å². The molecule has 0 spiro atoms. The number of nitrogens with zero attached hydrogens (tertiary/aromatic N) is 2. The molecule has 128 valence electrons. The van der Waals surface area contributed by atoms with E-state index in [9.17, 15) is 0 Å². The van der Waals surface area contributed by atoms with Crippen LogP contribution >= 0.6 is 0 Å². The lowest BCUT2D eigenvalue weighted by atomic mass is 10.0. The van der Waals surface area contributed by atoms with Crippen LogP contribution in [0.4, 0.5) is 0 Å². The number of rotatable bonds is 5. The average Bonchev–Trinajstić information content (AvgIpc) is 3.17. The molecule has 2 aromatic carbocycles. The van der Waals surface area contributed by atoms with Crippen molar-refractivity contribution >= 4 is 0 Å². The van der Waals surface area contributed by atoms with Gasteiger partial charge in [0, 0.05) is 12.2 Å². The number of aromatic nitrogens is 2. The molecule has 5 heteroatoms. The van der Waals surface area contributed by atoms with Gasteiger partial charge in [-0.15, -0.1) is 10.2 Å².